The highest BCUT2D eigenvalue weighted by atomic mass is 16.6. The van der Waals surface area contributed by atoms with Gasteiger partial charge >= 0.3 is 12.1 Å². The second-order valence-corrected chi connectivity index (χ2v) is 14.0. The number of rotatable bonds is 17. The molecule has 12 nitrogen and oxygen atoms in total. The smallest absolute Gasteiger partial charge is 0.408 e. The molecular weight excluding hydrogens is 628 g/mol. The molecule has 0 radical (unpaired) electrons. The summed E-state index contributed by atoms with van der Waals surface area (Å²) in [5.74, 6) is -3.05. The molecule has 4 amide bonds. The van der Waals surface area contributed by atoms with E-state index in [4.69, 9.17) is 15.2 Å². The van der Waals surface area contributed by atoms with Gasteiger partial charge in [0.05, 0.1) is 0 Å². The Labute approximate surface area is 290 Å². The van der Waals surface area contributed by atoms with Crippen molar-refractivity contribution in [3.63, 3.8) is 0 Å². The van der Waals surface area contributed by atoms with Crippen LogP contribution in [0.1, 0.15) is 104 Å². The van der Waals surface area contributed by atoms with Gasteiger partial charge in [0.25, 0.3) is 0 Å². The molecule has 0 bridgehead atoms. The number of benzene rings is 2. The summed E-state index contributed by atoms with van der Waals surface area (Å²) in [7, 11) is 0. The van der Waals surface area contributed by atoms with Crippen molar-refractivity contribution in [3.05, 3.63) is 65.7 Å². The zero-order valence-electron chi connectivity index (χ0n) is 29.9. The van der Waals surface area contributed by atoms with Gasteiger partial charge < -0.3 is 35.8 Å². The number of aromatic hydroxyl groups is 1. The lowest BCUT2D eigenvalue weighted by molar-refractivity contribution is -0.159. The van der Waals surface area contributed by atoms with Crippen LogP contribution in [0.15, 0.2) is 54.6 Å². The van der Waals surface area contributed by atoms with Gasteiger partial charge in [-0.05, 0) is 66.0 Å². The first kappa shape index (κ1) is 40.6. The molecule has 270 valence electrons. The van der Waals surface area contributed by atoms with Crippen molar-refractivity contribution in [2.24, 2.45) is 5.73 Å². The van der Waals surface area contributed by atoms with Crippen molar-refractivity contribution in [2.45, 2.75) is 123 Å². The third-order valence-corrected chi connectivity index (χ3v) is 7.29. The first-order chi connectivity index (χ1) is 22.9. The Bertz CT molecular complexity index is 1400. The third-order valence-electron chi connectivity index (χ3n) is 7.29. The van der Waals surface area contributed by atoms with Crippen LogP contribution < -0.4 is 16.4 Å². The largest absolute Gasteiger partial charge is 0.508 e. The number of phenols is 1. The van der Waals surface area contributed by atoms with E-state index in [-0.39, 0.29) is 37.1 Å². The van der Waals surface area contributed by atoms with Gasteiger partial charge in [-0.2, -0.15) is 0 Å². The van der Waals surface area contributed by atoms with Gasteiger partial charge in [0.2, 0.25) is 17.7 Å². The lowest BCUT2D eigenvalue weighted by atomic mass is 9.98. The number of unbranched alkanes of at least 4 members (excludes halogenated alkanes) is 3. The first-order valence-electron chi connectivity index (χ1n) is 16.8. The first-order valence-corrected chi connectivity index (χ1v) is 16.8. The van der Waals surface area contributed by atoms with Crippen LogP contribution in [0.2, 0.25) is 0 Å². The van der Waals surface area contributed by atoms with Gasteiger partial charge in [-0.15, -0.1) is 0 Å². The number of phenolic OH excluding ortho intramolecular Hbond substituents is 1. The number of esters is 1. The van der Waals surface area contributed by atoms with Gasteiger partial charge in [0, 0.05) is 24.9 Å². The Morgan fingerprint density at radius 3 is 2.00 bits per heavy atom. The van der Waals surface area contributed by atoms with E-state index in [2.05, 4.69) is 10.6 Å². The Hall–Kier alpha value is -4.61. The highest BCUT2D eigenvalue weighted by Crippen LogP contribution is 2.31. The maximum Gasteiger partial charge on any atom is 0.408 e. The number of hydrogen-bond donors (Lipinski definition) is 4. The second kappa shape index (κ2) is 18.8. The number of hydrogen-bond acceptors (Lipinski definition) is 8. The zero-order valence-corrected chi connectivity index (χ0v) is 29.9. The topological polar surface area (TPSA) is 177 Å². The van der Waals surface area contributed by atoms with E-state index in [1.807, 2.05) is 37.3 Å². The van der Waals surface area contributed by atoms with Crippen molar-refractivity contribution < 1.29 is 38.6 Å². The fraction of sp³-hybridized carbons (Fsp3) is 0.541. The summed E-state index contributed by atoms with van der Waals surface area (Å²) >= 11 is 0. The number of nitrogens with one attached hydrogen (secondary N) is 2. The number of carbonyl (C=O) groups excluding carboxylic acids is 5. The molecule has 2 aromatic carbocycles. The zero-order chi connectivity index (χ0) is 36.8. The fourth-order valence-corrected chi connectivity index (χ4v) is 5.11. The number of primary amides is 1. The normalized spacial score (nSPS) is 13.4. The highest BCUT2D eigenvalue weighted by molar-refractivity contribution is 5.94. The summed E-state index contributed by atoms with van der Waals surface area (Å²) in [6, 6.07) is 11.3. The van der Waals surface area contributed by atoms with Crippen LogP contribution >= 0.6 is 0 Å². The van der Waals surface area contributed by atoms with Crippen LogP contribution in [0.4, 0.5) is 4.79 Å². The van der Waals surface area contributed by atoms with Gasteiger partial charge in [-0.1, -0.05) is 74.7 Å². The Morgan fingerprint density at radius 2 is 1.43 bits per heavy atom. The van der Waals surface area contributed by atoms with E-state index in [1.165, 1.54) is 17.0 Å². The molecule has 0 fully saturated rings. The van der Waals surface area contributed by atoms with E-state index >= 15 is 0 Å². The van der Waals surface area contributed by atoms with Gasteiger partial charge in [-0.3, -0.25) is 14.4 Å². The summed E-state index contributed by atoms with van der Waals surface area (Å²) in [6.07, 6.45) is 1.81. The van der Waals surface area contributed by atoms with E-state index in [1.54, 1.807) is 53.7 Å². The standard InChI is InChI=1S/C37H54N4O8/c1-8-9-10-16-23-41(33(45)27(21-22-30(38)43)40-35(47)49-37(5,6)7)31(26-19-14-15-20-29(26)42)32(44)39-28(34(46)48-36(2,3)4)24-25-17-12-11-13-18-25/h11-15,17-20,27-28,31,42H,8-10,16,21-24H2,1-7H3,(H2,38,43)(H,39,44)(H,40,47). The molecule has 3 unspecified atom stereocenters. The number of nitrogens with zero attached hydrogens (tertiary/aromatic N) is 1. The quantitative estimate of drug-likeness (QED) is 0.132. The Balaban J connectivity index is 2.65. The minimum Gasteiger partial charge on any atom is -0.508 e. The summed E-state index contributed by atoms with van der Waals surface area (Å²) in [5.41, 5.74) is 4.56. The van der Waals surface area contributed by atoms with Crippen molar-refractivity contribution in [1.82, 2.24) is 15.5 Å². The van der Waals surface area contributed by atoms with Gasteiger partial charge in [-0.25, -0.2) is 9.59 Å². The highest BCUT2D eigenvalue weighted by Gasteiger charge is 2.39. The van der Waals surface area contributed by atoms with E-state index < -0.39 is 59.1 Å². The van der Waals surface area contributed by atoms with Crippen LogP contribution in [-0.2, 0) is 35.1 Å². The average Bonchev–Trinajstić information content (AvgIpc) is 2.99. The molecule has 0 aromatic heterocycles. The Kier molecular flexibility index (Phi) is 15.6. The monoisotopic (exact) mass is 682 g/mol. The predicted octanol–water partition coefficient (Wildman–Crippen LogP) is 5.07. The number of para-hydroxylation sites is 1. The number of alkyl carbamates (subject to hydrolysis) is 1. The minimum atomic E-state index is -1.44. The molecule has 0 aliphatic rings. The fourth-order valence-electron chi connectivity index (χ4n) is 5.11. The van der Waals surface area contributed by atoms with E-state index in [0.29, 0.717) is 6.42 Å². The summed E-state index contributed by atoms with van der Waals surface area (Å²) in [4.78, 5) is 68.5. The molecule has 12 heteroatoms. The Morgan fingerprint density at radius 1 is 0.816 bits per heavy atom. The van der Waals surface area contributed by atoms with Crippen molar-refractivity contribution in [2.75, 3.05) is 6.54 Å². The van der Waals surface area contributed by atoms with Gasteiger partial charge in [0.15, 0.2) is 0 Å². The van der Waals surface area contributed by atoms with Gasteiger partial charge in [0.1, 0.15) is 35.1 Å². The molecule has 0 aliphatic heterocycles. The number of carbonyl (C=O) groups is 5. The maximum absolute atomic E-state index is 14.5. The molecule has 2 aromatic rings. The molecule has 0 spiro atoms. The molecule has 5 N–H and O–H groups in total. The third kappa shape index (κ3) is 14.6. The van der Waals surface area contributed by atoms with E-state index in [9.17, 15) is 29.1 Å². The SMILES string of the molecule is CCCCCCN(C(=O)C(CCC(N)=O)NC(=O)OC(C)(C)C)C(C(=O)NC(Cc1ccccc1)C(=O)OC(C)(C)C)c1ccccc1O. The average molecular weight is 683 g/mol. The predicted molar refractivity (Wildman–Crippen MR) is 186 cm³/mol. The summed E-state index contributed by atoms with van der Waals surface area (Å²) in [5, 5.41) is 16.4. The van der Waals surface area contributed by atoms with E-state index in [0.717, 1.165) is 24.8 Å². The van der Waals surface area contributed by atoms with Crippen LogP contribution in [0.5, 0.6) is 5.75 Å². The van der Waals surface area contributed by atoms with Crippen LogP contribution in [0, 0.1) is 0 Å². The molecule has 0 saturated carbocycles. The van der Waals surface area contributed by atoms with Crippen molar-refractivity contribution >= 4 is 29.8 Å². The number of ether oxygens (including phenoxy) is 2. The molecule has 0 heterocycles. The maximum atomic E-state index is 14.5. The molecule has 49 heavy (non-hydrogen) atoms. The lowest BCUT2D eigenvalue weighted by Crippen LogP contribution is -2.55. The molecule has 0 saturated heterocycles. The second-order valence-electron chi connectivity index (χ2n) is 14.0. The van der Waals surface area contributed by atoms with Crippen molar-refractivity contribution in [3.8, 4) is 5.75 Å². The number of amides is 4. The van der Waals surface area contributed by atoms with Crippen LogP contribution in [-0.4, -0.2) is 69.6 Å². The molecule has 0 aliphatic carbocycles. The van der Waals surface area contributed by atoms with Crippen molar-refractivity contribution in [1.29, 1.82) is 0 Å². The molecular formula is C37H54N4O8. The molecule has 3 atom stereocenters. The summed E-state index contributed by atoms with van der Waals surface area (Å²) < 4.78 is 11.1. The number of nitrogens with two attached hydrogens (primary N) is 1. The van der Waals surface area contributed by atoms with Crippen LogP contribution in [0.3, 0.4) is 0 Å². The minimum absolute atomic E-state index is 0.0596. The molecule has 2 rings (SSSR count). The van der Waals surface area contributed by atoms with Crippen LogP contribution in [0.25, 0.3) is 0 Å². The summed E-state index contributed by atoms with van der Waals surface area (Å²) in [6.45, 7) is 12.3. The lowest BCUT2D eigenvalue weighted by Gasteiger charge is -2.35.